The number of nitrogens with one attached hydrogen (secondary N) is 2. The third kappa shape index (κ3) is 6.46. The minimum absolute atomic E-state index is 0.0947. The lowest BCUT2D eigenvalue weighted by molar-refractivity contribution is 0.102. The van der Waals surface area contributed by atoms with Gasteiger partial charge in [-0.2, -0.15) is 0 Å². The van der Waals surface area contributed by atoms with Crippen LogP contribution in [0.2, 0.25) is 0 Å². The van der Waals surface area contributed by atoms with Crippen molar-refractivity contribution in [2.45, 2.75) is 38.3 Å². The van der Waals surface area contributed by atoms with Crippen LogP contribution in [-0.4, -0.2) is 66.9 Å². The molecule has 13 nitrogen and oxygen atoms in total. The Morgan fingerprint density at radius 1 is 1.02 bits per heavy atom. The average Bonchev–Trinajstić information content (AvgIpc) is 3.49. The summed E-state index contributed by atoms with van der Waals surface area (Å²) in [5.74, 6) is -0.296. The molecular weight excluding hydrogens is 582 g/mol. The van der Waals surface area contributed by atoms with Gasteiger partial charge in [0.25, 0.3) is 5.91 Å². The molecule has 0 unspecified atom stereocenters. The van der Waals surface area contributed by atoms with E-state index < -0.39 is 25.8 Å². The molecule has 15 heteroatoms. The number of carbonyl (C=O) groups is 1. The number of imidazole rings is 1. The Morgan fingerprint density at radius 2 is 1.69 bits per heavy atom. The average molecular weight is 616 g/mol. The van der Waals surface area contributed by atoms with Crippen molar-refractivity contribution in [2.24, 2.45) is 7.05 Å². The molecule has 4 aromatic rings. The Bertz CT molecular complexity index is 1900. The number of aryl methyl sites for hydroxylation is 1. The zero-order chi connectivity index (χ0) is 31.2. The van der Waals surface area contributed by atoms with E-state index in [0.717, 1.165) is 23.6 Å². The minimum Gasteiger partial charge on any atom is -0.492 e. The van der Waals surface area contributed by atoms with E-state index in [-0.39, 0.29) is 22.0 Å². The molecule has 2 aromatic carbocycles. The lowest BCUT2D eigenvalue weighted by atomic mass is 9.86. The number of benzene rings is 2. The zero-order valence-corrected chi connectivity index (χ0v) is 26.2. The maximum Gasteiger partial charge on any atom is 0.255 e. The first kappa shape index (κ1) is 30.7. The maximum atomic E-state index is 13.5. The van der Waals surface area contributed by atoms with Gasteiger partial charge in [0.05, 0.1) is 48.5 Å². The van der Waals surface area contributed by atoms with Gasteiger partial charge in [-0.15, -0.1) is 5.10 Å². The van der Waals surface area contributed by atoms with E-state index in [4.69, 9.17) is 4.74 Å². The van der Waals surface area contributed by atoms with E-state index in [1.165, 1.54) is 22.6 Å². The molecule has 0 aliphatic carbocycles. The molecule has 2 heterocycles. The van der Waals surface area contributed by atoms with Crippen LogP contribution in [0.5, 0.6) is 5.75 Å². The fourth-order valence-corrected chi connectivity index (χ4v) is 5.71. The topological polar surface area (TPSA) is 167 Å². The molecule has 2 N–H and O–H groups in total. The van der Waals surface area contributed by atoms with Gasteiger partial charge in [0, 0.05) is 18.9 Å². The van der Waals surface area contributed by atoms with E-state index in [2.05, 4.69) is 25.3 Å². The predicted octanol–water partition coefficient (Wildman–Crippen LogP) is 3.31. The number of carbonyl (C=O) groups excluding carboxylic acids is 1. The summed E-state index contributed by atoms with van der Waals surface area (Å²) in [7, 11) is -4.19. The summed E-state index contributed by atoms with van der Waals surface area (Å²) in [5.41, 5.74) is 3.44. The van der Waals surface area contributed by atoms with Crippen LogP contribution in [0.25, 0.3) is 17.1 Å². The number of anilines is 2. The molecule has 0 atom stereocenters. The highest BCUT2D eigenvalue weighted by molar-refractivity contribution is 7.92. The number of hydrogen-bond acceptors (Lipinski definition) is 9. The summed E-state index contributed by atoms with van der Waals surface area (Å²) in [6.45, 7) is 7.76. The summed E-state index contributed by atoms with van der Waals surface area (Å²) in [4.78, 5) is 17.5. The molecule has 0 saturated carbocycles. The normalized spacial score (nSPS) is 12.3. The SMILES string of the molecule is COc1c(NC(=O)c2ccc(C)c(-n3cc(-c4cnc(S(C)(=O)=O)n4C)nn3)c2)cc(C(C)(C)C)cc1NS(C)(=O)=O. The molecule has 0 bridgehead atoms. The fourth-order valence-electron chi connectivity index (χ4n) is 4.32. The Hall–Kier alpha value is -4.24. The van der Waals surface area contributed by atoms with Gasteiger partial charge in [-0.3, -0.25) is 9.52 Å². The van der Waals surface area contributed by atoms with Gasteiger partial charge in [-0.05, 0) is 47.7 Å². The van der Waals surface area contributed by atoms with E-state index in [9.17, 15) is 21.6 Å². The molecule has 42 heavy (non-hydrogen) atoms. The van der Waals surface area contributed by atoms with Gasteiger partial charge in [-0.1, -0.05) is 32.1 Å². The second-order valence-corrected chi connectivity index (χ2v) is 14.6. The largest absolute Gasteiger partial charge is 0.492 e. The first-order valence-electron chi connectivity index (χ1n) is 12.7. The van der Waals surface area contributed by atoms with Crippen molar-refractivity contribution in [1.29, 1.82) is 0 Å². The number of rotatable bonds is 8. The van der Waals surface area contributed by atoms with E-state index in [1.54, 1.807) is 43.6 Å². The van der Waals surface area contributed by atoms with Crippen LogP contribution >= 0.6 is 0 Å². The van der Waals surface area contributed by atoms with Crippen molar-refractivity contribution in [3.8, 4) is 22.8 Å². The molecule has 0 saturated heterocycles. The van der Waals surface area contributed by atoms with Gasteiger partial charge >= 0.3 is 0 Å². The van der Waals surface area contributed by atoms with Gasteiger partial charge in [-0.25, -0.2) is 26.5 Å². The Morgan fingerprint density at radius 3 is 2.26 bits per heavy atom. The van der Waals surface area contributed by atoms with Crippen molar-refractivity contribution >= 4 is 37.1 Å². The first-order chi connectivity index (χ1) is 19.4. The molecule has 1 amide bonds. The Balaban J connectivity index is 1.71. The number of sulfone groups is 1. The molecule has 2 aromatic heterocycles. The maximum absolute atomic E-state index is 13.5. The summed E-state index contributed by atoms with van der Waals surface area (Å²) in [6, 6.07) is 8.49. The third-order valence-corrected chi connectivity index (χ3v) is 8.09. The van der Waals surface area contributed by atoms with Gasteiger partial charge < -0.3 is 14.6 Å². The summed E-state index contributed by atoms with van der Waals surface area (Å²) in [6.07, 6.45) is 5.14. The van der Waals surface area contributed by atoms with Crippen molar-refractivity contribution in [2.75, 3.05) is 29.7 Å². The van der Waals surface area contributed by atoms with Crippen LogP contribution < -0.4 is 14.8 Å². The highest BCUT2D eigenvalue weighted by Crippen LogP contribution is 2.39. The number of aromatic nitrogens is 5. The van der Waals surface area contributed by atoms with E-state index >= 15 is 0 Å². The van der Waals surface area contributed by atoms with Crippen LogP contribution in [0, 0.1) is 6.92 Å². The van der Waals surface area contributed by atoms with Crippen LogP contribution in [0.1, 0.15) is 42.3 Å². The van der Waals surface area contributed by atoms with Gasteiger partial charge in [0.1, 0.15) is 5.69 Å². The number of methoxy groups -OCH3 is 1. The van der Waals surface area contributed by atoms with Crippen molar-refractivity contribution < 1.29 is 26.4 Å². The summed E-state index contributed by atoms with van der Waals surface area (Å²) >= 11 is 0. The van der Waals surface area contributed by atoms with Crippen LogP contribution in [-0.2, 0) is 32.3 Å². The third-order valence-electron chi connectivity index (χ3n) is 6.45. The minimum atomic E-state index is -3.63. The molecule has 0 radical (unpaired) electrons. The molecule has 224 valence electrons. The fraction of sp³-hybridized carbons (Fsp3) is 0.333. The molecular formula is C27H33N7O6S2. The number of amides is 1. The van der Waals surface area contributed by atoms with E-state index in [0.29, 0.717) is 28.3 Å². The second-order valence-electron chi connectivity index (χ2n) is 11.0. The molecule has 4 rings (SSSR count). The summed E-state index contributed by atoms with van der Waals surface area (Å²) in [5, 5.41) is 11.1. The quantitative estimate of drug-likeness (QED) is 0.302. The monoisotopic (exact) mass is 615 g/mol. The molecule has 0 spiro atoms. The standard InChI is InChI=1S/C27H33N7O6S2/c1-16-9-10-17(11-22(16)34-15-21(30-32-34)23-14-28-26(33(23)5)41(7,36)37)25(35)29-19-12-18(27(2,3)4)13-20(24(19)40-6)31-42(8,38)39/h9-15,31H,1-8H3,(H,29,35). The van der Waals surface area contributed by atoms with E-state index in [1.807, 2.05) is 27.7 Å². The lowest BCUT2D eigenvalue weighted by Gasteiger charge is -2.24. The van der Waals surface area contributed by atoms with Crippen molar-refractivity contribution in [3.05, 3.63) is 59.4 Å². The number of ether oxygens (including phenoxy) is 1. The van der Waals surface area contributed by atoms with Crippen molar-refractivity contribution in [1.82, 2.24) is 24.5 Å². The van der Waals surface area contributed by atoms with Crippen LogP contribution in [0.4, 0.5) is 11.4 Å². The highest BCUT2D eigenvalue weighted by atomic mass is 32.2. The highest BCUT2D eigenvalue weighted by Gasteiger charge is 2.23. The molecule has 0 aliphatic heterocycles. The number of nitrogens with zero attached hydrogens (tertiary/aromatic N) is 5. The summed E-state index contributed by atoms with van der Waals surface area (Å²) < 4.78 is 59.0. The smallest absolute Gasteiger partial charge is 0.255 e. The first-order valence-corrected chi connectivity index (χ1v) is 16.4. The number of sulfonamides is 1. The Kier molecular flexibility index (Phi) is 7.95. The van der Waals surface area contributed by atoms with Gasteiger partial charge in [0.15, 0.2) is 5.75 Å². The van der Waals surface area contributed by atoms with Gasteiger partial charge in [0.2, 0.25) is 25.0 Å². The lowest BCUT2D eigenvalue weighted by Crippen LogP contribution is -2.18. The molecule has 0 fully saturated rings. The van der Waals surface area contributed by atoms with Crippen molar-refractivity contribution in [3.63, 3.8) is 0 Å². The number of hydrogen-bond donors (Lipinski definition) is 2. The Labute approximate surface area is 244 Å². The van der Waals surface area contributed by atoms with Crippen LogP contribution in [0.3, 0.4) is 0 Å². The second kappa shape index (κ2) is 10.9. The predicted molar refractivity (Wildman–Crippen MR) is 160 cm³/mol. The van der Waals surface area contributed by atoms with Crippen LogP contribution in [0.15, 0.2) is 47.9 Å². The zero-order valence-electron chi connectivity index (χ0n) is 24.5. The molecule has 0 aliphatic rings.